The monoisotopic (exact) mass is 462 g/mol. The Morgan fingerprint density at radius 1 is 1.20 bits per heavy atom. The summed E-state index contributed by atoms with van der Waals surface area (Å²) >= 11 is 1.07. The number of aromatic nitrogens is 2. The molecule has 1 aromatic carbocycles. The molecule has 0 spiro atoms. The Kier molecular flexibility index (Phi) is 8.15. The first-order valence-electron chi connectivity index (χ1n) is 9.47. The van der Waals surface area contributed by atoms with Crippen LogP contribution in [0.25, 0.3) is 0 Å². The fourth-order valence-corrected chi connectivity index (χ4v) is 3.99. The number of halogens is 3. The second-order valence-electron chi connectivity index (χ2n) is 7.03. The summed E-state index contributed by atoms with van der Waals surface area (Å²) in [5.74, 6) is 0.321. The van der Waals surface area contributed by atoms with Gasteiger partial charge in [0.15, 0.2) is 5.16 Å². The molecule has 10 heteroatoms. The van der Waals surface area contributed by atoms with Gasteiger partial charge in [0.2, 0.25) is 5.88 Å². The largest absolute Gasteiger partial charge is 0.534 e. The van der Waals surface area contributed by atoms with Crippen LogP contribution in [0.1, 0.15) is 42.7 Å². The van der Waals surface area contributed by atoms with E-state index in [1.807, 2.05) is 0 Å². The van der Waals surface area contributed by atoms with Gasteiger partial charge in [-0.1, -0.05) is 49.9 Å². The van der Waals surface area contributed by atoms with Crippen molar-refractivity contribution in [1.29, 1.82) is 0 Å². The van der Waals surface area contributed by atoms with Gasteiger partial charge in [-0.3, -0.25) is 0 Å². The minimum absolute atomic E-state index is 0.141. The third-order valence-corrected chi connectivity index (χ3v) is 6.25. The predicted octanol–water partition coefficient (Wildman–Crippen LogP) is 5.11. The summed E-state index contributed by atoms with van der Waals surface area (Å²) in [5, 5.41) is 0.141. The lowest BCUT2D eigenvalue weighted by atomic mass is 9.85. The Balaban J connectivity index is 0.000000244. The standard InChI is InChI=1S/C11H14.C9H11F3N2O3S2/c1-9-6-7-10-4-2-3-5-11(10)8-9;1-4-6-5(2)13-8(18-3)14-7(6)17-19(15,16)9(10,11)12/h2-5,9H,6-8H2,1H3;4H2,1-3H3. The molecule has 1 unspecified atom stereocenters. The molecule has 0 N–H and O–H groups in total. The number of hydrogen-bond donors (Lipinski definition) is 0. The van der Waals surface area contributed by atoms with Crippen LogP contribution in [-0.2, 0) is 29.4 Å². The van der Waals surface area contributed by atoms with Crippen molar-refractivity contribution in [2.45, 2.75) is 57.1 Å². The van der Waals surface area contributed by atoms with E-state index in [-0.39, 0.29) is 17.1 Å². The Labute approximate surface area is 179 Å². The molecule has 1 heterocycles. The second kappa shape index (κ2) is 10.00. The number of thioether (sulfide) groups is 1. The molecular weight excluding hydrogens is 437 g/mol. The molecule has 1 aliphatic rings. The molecule has 0 bridgehead atoms. The van der Waals surface area contributed by atoms with Gasteiger partial charge in [0, 0.05) is 11.3 Å². The second-order valence-corrected chi connectivity index (χ2v) is 9.34. The van der Waals surface area contributed by atoms with E-state index in [0.29, 0.717) is 5.69 Å². The Hall–Kier alpha value is -1.81. The maximum atomic E-state index is 12.3. The molecule has 5 nitrogen and oxygen atoms in total. The Morgan fingerprint density at radius 3 is 2.40 bits per heavy atom. The zero-order valence-electron chi connectivity index (χ0n) is 17.3. The summed E-state index contributed by atoms with van der Waals surface area (Å²) in [6.07, 6.45) is 5.82. The zero-order chi connectivity index (χ0) is 22.5. The molecular formula is C20H25F3N2O3S2. The fourth-order valence-electron chi connectivity index (χ4n) is 3.14. The van der Waals surface area contributed by atoms with Crippen molar-refractivity contribution in [3.8, 4) is 5.88 Å². The highest BCUT2D eigenvalue weighted by Gasteiger charge is 2.49. The minimum atomic E-state index is -5.72. The molecule has 0 saturated heterocycles. The highest BCUT2D eigenvalue weighted by molar-refractivity contribution is 7.98. The van der Waals surface area contributed by atoms with E-state index in [1.54, 1.807) is 31.2 Å². The molecule has 30 heavy (non-hydrogen) atoms. The first kappa shape index (κ1) is 24.5. The lowest BCUT2D eigenvalue weighted by Gasteiger charge is -2.20. The minimum Gasteiger partial charge on any atom is -0.355 e. The topological polar surface area (TPSA) is 69.2 Å². The number of fused-ring (bicyclic) bond motifs is 1. The van der Waals surface area contributed by atoms with E-state index < -0.39 is 21.5 Å². The van der Waals surface area contributed by atoms with E-state index in [9.17, 15) is 21.6 Å². The Morgan fingerprint density at radius 2 is 1.83 bits per heavy atom. The van der Waals surface area contributed by atoms with Crippen molar-refractivity contribution in [1.82, 2.24) is 9.97 Å². The highest BCUT2D eigenvalue weighted by Crippen LogP contribution is 2.30. The number of nitrogens with zero attached hydrogens (tertiary/aromatic N) is 2. The lowest BCUT2D eigenvalue weighted by Crippen LogP contribution is -2.29. The van der Waals surface area contributed by atoms with Gasteiger partial charge in [0.05, 0.1) is 0 Å². The highest BCUT2D eigenvalue weighted by atomic mass is 32.2. The molecule has 2 aromatic rings. The number of benzene rings is 1. The van der Waals surface area contributed by atoms with E-state index in [1.165, 1.54) is 19.3 Å². The van der Waals surface area contributed by atoms with Crippen LogP contribution < -0.4 is 4.18 Å². The van der Waals surface area contributed by atoms with Crippen LogP contribution in [0, 0.1) is 12.8 Å². The van der Waals surface area contributed by atoms with Crippen molar-refractivity contribution in [2.24, 2.45) is 5.92 Å². The molecule has 166 valence electrons. The van der Waals surface area contributed by atoms with Crippen LogP contribution in [-0.4, -0.2) is 30.1 Å². The van der Waals surface area contributed by atoms with Crippen molar-refractivity contribution >= 4 is 21.9 Å². The van der Waals surface area contributed by atoms with Gasteiger partial charge in [-0.2, -0.15) is 26.6 Å². The van der Waals surface area contributed by atoms with E-state index >= 15 is 0 Å². The SMILES string of the molecule is CC1CCc2ccccc2C1.CCc1c(C)nc(SC)nc1OS(=O)(=O)C(F)(F)F. The summed E-state index contributed by atoms with van der Waals surface area (Å²) in [5.41, 5.74) is -1.73. The smallest absolute Gasteiger partial charge is 0.355 e. The van der Waals surface area contributed by atoms with Crippen molar-refractivity contribution in [2.75, 3.05) is 6.26 Å². The van der Waals surface area contributed by atoms with E-state index in [0.717, 1.165) is 17.7 Å². The quantitative estimate of drug-likeness (QED) is 0.272. The van der Waals surface area contributed by atoms with Crippen LogP contribution in [0.2, 0.25) is 0 Å². The molecule has 1 atom stereocenters. The predicted molar refractivity (Wildman–Crippen MR) is 111 cm³/mol. The summed E-state index contributed by atoms with van der Waals surface area (Å²) in [7, 11) is -5.72. The summed E-state index contributed by atoms with van der Waals surface area (Å²) in [6, 6.07) is 8.83. The van der Waals surface area contributed by atoms with Crippen LogP contribution in [0.3, 0.4) is 0 Å². The first-order valence-corrected chi connectivity index (χ1v) is 12.1. The van der Waals surface area contributed by atoms with E-state index in [4.69, 9.17) is 0 Å². The van der Waals surface area contributed by atoms with Gasteiger partial charge in [-0.15, -0.1) is 0 Å². The van der Waals surface area contributed by atoms with Crippen molar-refractivity contribution in [3.05, 3.63) is 46.6 Å². The third kappa shape index (κ3) is 6.10. The van der Waals surface area contributed by atoms with Crippen LogP contribution in [0.15, 0.2) is 29.4 Å². The van der Waals surface area contributed by atoms with Gasteiger partial charge in [0.1, 0.15) is 0 Å². The number of rotatable bonds is 4. The third-order valence-electron chi connectivity index (χ3n) is 4.76. The van der Waals surface area contributed by atoms with Crippen molar-refractivity contribution < 1.29 is 25.8 Å². The van der Waals surface area contributed by atoms with Gasteiger partial charge < -0.3 is 4.18 Å². The van der Waals surface area contributed by atoms with Gasteiger partial charge in [0.25, 0.3) is 0 Å². The molecule has 1 aliphatic carbocycles. The zero-order valence-corrected chi connectivity index (χ0v) is 18.9. The molecule has 1 aromatic heterocycles. The van der Waals surface area contributed by atoms with Gasteiger partial charge in [-0.25, -0.2) is 4.98 Å². The Bertz CT molecular complexity index is 980. The maximum absolute atomic E-state index is 12.3. The summed E-state index contributed by atoms with van der Waals surface area (Å²) < 4.78 is 62.9. The summed E-state index contributed by atoms with van der Waals surface area (Å²) in [4.78, 5) is 7.68. The van der Waals surface area contributed by atoms with Crippen LogP contribution in [0.4, 0.5) is 13.2 Å². The molecule has 0 fully saturated rings. The van der Waals surface area contributed by atoms with E-state index in [2.05, 4.69) is 45.3 Å². The van der Waals surface area contributed by atoms with Gasteiger partial charge >= 0.3 is 15.6 Å². The molecule has 0 saturated carbocycles. The van der Waals surface area contributed by atoms with Crippen LogP contribution >= 0.6 is 11.8 Å². The summed E-state index contributed by atoms with van der Waals surface area (Å²) in [6.45, 7) is 5.53. The van der Waals surface area contributed by atoms with Crippen molar-refractivity contribution in [3.63, 3.8) is 0 Å². The fraction of sp³-hybridized carbons (Fsp3) is 0.500. The molecule has 0 radical (unpaired) electrons. The molecule has 0 aliphatic heterocycles. The maximum Gasteiger partial charge on any atom is 0.534 e. The lowest BCUT2D eigenvalue weighted by molar-refractivity contribution is -0.0501. The number of hydrogen-bond acceptors (Lipinski definition) is 6. The average molecular weight is 463 g/mol. The molecule has 3 rings (SSSR count). The number of aryl methyl sites for hydroxylation is 2. The molecule has 0 amide bonds. The van der Waals surface area contributed by atoms with Crippen LogP contribution in [0.5, 0.6) is 5.88 Å². The van der Waals surface area contributed by atoms with Gasteiger partial charge in [-0.05, 0) is 55.9 Å². The normalized spacial score (nSPS) is 16.3. The average Bonchev–Trinajstić information content (AvgIpc) is 2.67. The number of alkyl halides is 3. The first-order chi connectivity index (χ1) is 14.0.